The molecule has 2 heterocycles. The number of rotatable bonds is 16. The van der Waals surface area contributed by atoms with Crippen molar-refractivity contribution in [2.45, 2.75) is 56.0 Å². The summed E-state index contributed by atoms with van der Waals surface area (Å²) in [6.45, 7) is 5.98. The van der Waals surface area contributed by atoms with Crippen LogP contribution in [0.3, 0.4) is 0 Å². The van der Waals surface area contributed by atoms with Gasteiger partial charge in [0.15, 0.2) is 0 Å². The Labute approximate surface area is 288 Å². The first kappa shape index (κ1) is 35.8. The molecule has 1 unspecified atom stereocenters. The lowest BCUT2D eigenvalue weighted by Gasteiger charge is -2.43. The third kappa shape index (κ3) is 9.35. The monoisotopic (exact) mass is 730 g/mol. The molecule has 3 aromatic rings. The van der Waals surface area contributed by atoms with Gasteiger partial charge in [0.05, 0.1) is 49.7 Å². The Bertz CT molecular complexity index is 1520. The molecule has 9 nitrogen and oxygen atoms in total. The highest BCUT2D eigenvalue weighted by Crippen LogP contribution is 2.39. The molecule has 0 radical (unpaired) electrons. The van der Waals surface area contributed by atoms with Crippen molar-refractivity contribution in [3.8, 4) is 5.75 Å². The maximum atomic E-state index is 13.9. The second-order valence-electron chi connectivity index (χ2n) is 12.3. The van der Waals surface area contributed by atoms with E-state index in [2.05, 4.69) is 51.6 Å². The minimum atomic E-state index is -3.72. The van der Waals surface area contributed by atoms with Gasteiger partial charge in [-0.2, -0.15) is 4.31 Å². The van der Waals surface area contributed by atoms with Crippen LogP contribution in [0, 0.1) is 12.8 Å². The van der Waals surface area contributed by atoms with Crippen LogP contribution in [0.4, 0.5) is 5.69 Å². The molecule has 1 saturated heterocycles. The topological polar surface area (TPSA) is 95.6 Å². The summed E-state index contributed by atoms with van der Waals surface area (Å²) in [5, 5.41) is 4.14. The van der Waals surface area contributed by atoms with Crippen LogP contribution in [0.1, 0.15) is 41.0 Å². The van der Waals surface area contributed by atoms with E-state index >= 15 is 0 Å². The number of aryl methyl sites for hydroxylation is 1. The normalized spacial score (nSPS) is 21.5. The van der Waals surface area contributed by atoms with Crippen molar-refractivity contribution in [2.24, 2.45) is 5.92 Å². The molecule has 11 heteroatoms. The van der Waals surface area contributed by atoms with Crippen LogP contribution in [-0.2, 0) is 42.2 Å². The van der Waals surface area contributed by atoms with Crippen LogP contribution >= 0.6 is 15.9 Å². The van der Waals surface area contributed by atoms with E-state index in [1.807, 2.05) is 31.2 Å². The molecule has 1 N–H and O–H groups in total. The Morgan fingerprint density at radius 2 is 1.66 bits per heavy atom. The molecule has 0 bridgehead atoms. The molecular weight excluding hydrogens is 684 g/mol. The van der Waals surface area contributed by atoms with Gasteiger partial charge in [-0.25, -0.2) is 8.42 Å². The molecule has 5 rings (SSSR count). The second kappa shape index (κ2) is 17.2. The lowest BCUT2D eigenvalue weighted by atomic mass is 9.80. The maximum Gasteiger partial charge on any atom is 0.243 e. The number of nitrogens with zero attached hydrogens (tertiary/aromatic N) is 1. The van der Waals surface area contributed by atoms with Gasteiger partial charge in [0.2, 0.25) is 10.0 Å². The smallest absolute Gasteiger partial charge is 0.243 e. The second-order valence-corrected chi connectivity index (χ2v) is 14.9. The summed E-state index contributed by atoms with van der Waals surface area (Å²) in [5.74, 6) is 0.805. The van der Waals surface area contributed by atoms with E-state index in [0.29, 0.717) is 43.2 Å². The number of benzene rings is 3. The minimum absolute atomic E-state index is 0.00795. The Morgan fingerprint density at radius 1 is 0.915 bits per heavy atom. The van der Waals surface area contributed by atoms with E-state index in [-0.39, 0.29) is 30.6 Å². The molecule has 256 valence electrons. The molecule has 1 fully saturated rings. The highest BCUT2D eigenvalue weighted by atomic mass is 79.9. The van der Waals surface area contributed by atoms with Crippen molar-refractivity contribution in [3.63, 3.8) is 0 Å². The number of alkyl halides is 1. The number of ether oxygens (including phenoxy) is 5. The number of hydrogen-bond acceptors (Lipinski definition) is 8. The summed E-state index contributed by atoms with van der Waals surface area (Å²) < 4.78 is 58.3. The lowest BCUT2D eigenvalue weighted by molar-refractivity contribution is -0.0219. The average molecular weight is 732 g/mol. The Kier molecular flexibility index (Phi) is 13.1. The largest absolute Gasteiger partial charge is 0.486 e. The van der Waals surface area contributed by atoms with Crippen LogP contribution in [0.15, 0.2) is 71.6 Å². The molecule has 0 saturated carbocycles. The van der Waals surface area contributed by atoms with Gasteiger partial charge in [0.25, 0.3) is 0 Å². The fourth-order valence-electron chi connectivity index (χ4n) is 6.25. The first-order valence-electron chi connectivity index (χ1n) is 16.2. The van der Waals surface area contributed by atoms with Crippen molar-refractivity contribution < 1.29 is 32.1 Å². The van der Waals surface area contributed by atoms with E-state index in [1.54, 1.807) is 30.7 Å². The van der Waals surface area contributed by atoms with Crippen molar-refractivity contribution in [1.82, 2.24) is 4.31 Å². The molecule has 0 aliphatic carbocycles. The van der Waals surface area contributed by atoms with E-state index in [1.165, 1.54) is 0 Å². The summed E-state index contributed by atoms with van der Waals surface area (Å²) in [7, 11) is -0.346. The van der Waals surface area contributed by atoms with Crippen molar-refractivity contribution in [2.75, 3.05) is 64.3 Å². The summed E-state index contributed by atoms with van der Waals surface area (Å²) in [6, 6.07) is 21.5. The van der Waals surface area contributed by atoms with E-state index in [9.17, 15) is 8.42 Å². The molecule has 47 heavy (non-hydrogen) atoms. The first-order chi connectivity index (χ1) is 22.8. The van der Waals surface area contributed by atoms with Gasteiger partial charge in [0.1, 0.15) is 11.9 Å². The number of nitrogens with one attached hydrogen (secondary N) is 1. The third-order valence-electron chi connectivity index (χ3n) is 8.85. The molecule has 4 atom stereocenters. The van der Waals surface area contributed by atoms with Gasteiger partial charge in [0, 0.05) is 45.2 Å². The zero-order valence-corrected chi connectivity index (χ0v) is 29.9. The Balaban J connectivity index is 1.35. The lowest BCUT2D eigenvalue weighted by Crippen LogP contribution is -2.51. The van der Waals surface area contributed by atoms with E-state index in [4.69, 9.17) is 23.7 Å². The first-order valence-corrected chi connectivity index (χ1v) is 18.8. The highest BCUT2D eigenvalue weighted by Gasteiger charge is 2.42. The summed E-state index contributed by atoms with van der Waals surface area (Å²) >= 11 is 3.72. The van der Waals surface area contributed by atoms with E-state index < -0.39 is 10.0 Å². The molecule has 0 spiro atoms. The van der Waals surface area contributed by atoms with Gasteiger partial charge >= 0.3 is 0 Å². The van der Waals surface area contributed by atoms with E-state index in [0.717, 1.165) is 59.7 Å². The van der Waals surface area contributed by atoms with Crippen LogP contribution in [0.5, 0.6) is 5.75 Å². The number of sulfonamides is 1. The molecule has 0 amide bonds. The Morgan fingerprint density at radius 3 is 2.38 bits per heavy atom. The predicted molar refractivity (Wildman–Crippen MR) is 187 cm³/mol. The quantitative estimate of drug-likeness (QED) is 0.139. The number of anilines is 1. The van der Waals surface area contributed by atoms with Crippen molar-refractivity contribution in [1.29, 1.82) is 0 Å². The molecule has 0 aromatic heterocycles. The van der Waals surface area contributed by atoms with Gasteiger partial charge in [-0.15, -0.1) is 0 Å². The number of fused-ring (bicyclic) bond motifs is 1. The summed E-state index contributed by atoms with van der Waals surface area (Å²) in [6.07, 6.45) is 1.60. The molecule has 3 aromatic carbocycles. The standard InChI is InChI=1S/C36H47BrN2O7S/c1-26-6-13-32(14-7-26)47(40,41)39-22-30(20-37)36(29-11-8-27(9-12-29)24-44-18-17-43-3)35(23-39)45-25-28-10-15-34-33(19-28)38-21-31(46-34)5-4-16-42-2/h6-15,19,30-31,35-36,38H,4-5,16-18,20-25H2,1-3H3/t30-,31?,35+,36+/m1/s1. The molecular formula is C36H47BrN2O7S. The highest BCUT2D eigenvalue weighted by molar-refractivity contribution is 9.09. The number of hydrogen-bond donors (Lipinski definition) is 1. The number of halogens is 1. The maximum absolute atomic E-state index is 13.9. The SMILES string of the molecule is COCCCC1CNc2cc(CO[C@H]3CN(S(=O)(=O)c4ccc(C)cc4)C[C@@H](CBr)[C@@H]3c3ccc(COCCOC)cc3)ccc2O1. The zero-order chi connectivity index (χ0) is 33.2. The number of piperidine rings is 1. The number of methoxy groups -OCH3 is 2. The third-order valence-corrected chi connectivity index (χ3v) is 11.5. The fourth-order valence-corrected chi connectivity index (χ4v) is 8.37. The summed E-state index contributed by atoms with van der Waals surface area (Å²) in [4.78, 5) is 0.299. The molecule has 2 aliphatic heterocycles. The summed E-state index contributed by atoms with van der Waals surface area (Å²) in [5.41, 5.74) is 5.14. The van der Waals surface area contributed by atoms with Crippen LogP contribution in [-0.4, -0.2) is 83.9 Å². The van der Waals surface area contributed by atoms with Crippen molar-refractivity contribution in [3.05, 3.63) is 89.0 Å². The van der Waals surface area contributed by atoms with Crippen LogP contribution < -0.4 is 10.1 Å². The average Bonchev–Trinajstić information content (AvgIpc) is 3.09. The molecule has 2 aliphatic rings. The van der Waals surface area contributed by atoms with Crippen LogP contribution in [0.2, 0.25) is 0 Å². The predicted octanol–water partition coefficient (Wildman–Crippen LogP) is 6.14. The van der Waals surface area contributed by atoms with Gasteiger partial charge in [-0.05, 0) is 66.6 Å². The Hall–Kier alpha value is -2.51. The van der Waals surface area contributed by atoms with Gasteiger partial charge < -0.3 is 29.0 Å². The zero-order valence-electron chi connectivity index (χ0n) is 27.5. The van der Waals surface area contributed by atoms with Crippen molar-refractivity contribution >= 4 is 31.6 Å². The minimum Gasteiger partial charge on any atom is -0.486 e. The van der Waals surface area contributed by atoms with Crippen LogP contribution in [0.25, 0.3) is 0 Å². The van der Waals surface area contributed by atoms with Gasteiger partial charge in [-0.3, -0.25) is 0 Å². The van der Waals surface area contributed by atoms with Gasteiger partial charge in [-0.1, -0.05) is 64.0 Å². The fraction of sp³-hybridized carbons (Fsp3) is 0.500.